The van der Waals surface area contributed by atoms with Gasteiger partial charge in [-0.05, 0) is 37.1 Å². The van der Waals surface area contributed by atoms with Gasteiger partial charge in [0.1, 0.15) is 0 Å². The summed E-state index contributed by atoms with van der Waals surface area (Å²) in [5.74, 6) is 0. The molecule has 2 heterocycles. The first-order valence-corrected chi connectivity index (χ1v) is 5.88. The van der Waals surface area contributed by atoms with E-state index in [0.717, 1.165) is 11.1 Å². The molecular weight excluding hydrogens is 228 g/mol. The van der Waals surface area contributed by atoms with Crippen LogP contribution in [0.2, 0.25) is 0 Å². The van der Waals surface area contributed by atoms with Crippen molar-refractivity contribution in [3.05, 3.63) is 68.5 Å². The van der Waals surface area contributed by atoms with Crippen LogP contribution in [-0.4, -0.2) is 9.97 Å². The second-order valence-corrected chi connectivity index (χ2v) is 3.46. The molecule has 0 aliphatic heterocycles. The Labute approximate surface area is 107 Å². The van der Waals surface area contributed by atoms with Crippen molar-refractivity contribution in [1.29, 1.82) is 0 Å². The Kier molecular flexibility index (Phi) is 7.94. The molecule has 0 unspecified atom stereocenters. The van der Waals surface area contributed by atoms with E-state index in [1.807, 2.05) is 39.8 Å². The van der Waals surface area contributed by atoms with Gasteiger partial charge in [0, 0.05) is 24.5 Å². The molecule has 4 nitrogen and oxygen atoms in total. The largest absolute Gasteiger partial charge is 0.329 e. The third-order valence-electron chi connectivity index (χ3n) is 1.86. The van der Waals surface area contributed by atoms with E-state index in [4.69, 9.17) is 0 Å². The second kappa shape index (κ2) is 8.98. The van der Waals surface area contributed by atoms with Crippen LogP contribution < -0.4 is 11.1 Å². The number of nitrogens with one attached hydrogen (secondary N) is 2. The maximum atomic E-state index is 10.4. The highest BCUT2D eigenvalue weighted by atomic mass is 16.1. The summed E-state index contributed by atoms with van der Waals surface area (Å²) in [6, 6.07) is 6.81. The molecule has 2 rings (SSSR count). The van der Waals surface area contributed by atoms with Crippen LogP contribution in [0.15, 0.2) is 46.2 Å². The van der Waals surface area contributed by atoms with E-state index in [1.54, 1.807) is 24.5 Å². The Morgan fingerprint density at radius 2 is 1.11 bits per heavy atom. The molecule has 0 saturated carbocycles. The Morgan fingerprint density at radius 1 is 0.778 bits per heavy atom. The molecule has 0 saturated heterocycles. The fraction of sp³-hybridized carbons (Fsp3) is 0.286. The van der Waals surface area contributed by atoms with Crippen LogP contribution in [-0.2, 0) is 0 Å². The Bertz CT molecular complexity index is 504. The van der Waals surface area contributed by atoms with Crippen molar-refractivity contribution in [2.24, 2.45) is 0 Å². The summed E-state index contributed by atoms with van der Waals surface area (Å²) in [7, 11) is 0. The molecule has 0 atom stereocenters. The summed E-state index contributed by atoms with van der Waals surface area (Å²) in [5, 5.41) is 0. The third-order valence-corrected chi connectivity index (χ3v) is 1.86. The van der Waals surface area contributed by atoms with Crippen molar-refractivity contribution in [2.45, 2.75) is 27.7 Å². The van der Waals surface area contributed by atoms with Gasteiger partial charge in [-0.25, -0.2) is 0 Å². The zero-order chi connectivity index (χ0) is 14.0. The Hall–Kier alpha value is -2.10. The van der Waals surface area contributed by atoms with Gasteiger partial charge in [-0.3, -0.25) is 9.59 Å². The molecule has 18 heavy (non-hydrogen) atoms. The van der Waals surface area contributed by atoms with Crippen molar-refractivity contribution < 1.29 is 0 Å². The van der Waals surface area contributed by atoms with Gasteiger partial charge in [0.25, 0.3) is 0 Å². The summed E-state index contributed by atoms with van der Waals surface area (Å²) in [6.07, 6.45) is 3.27. The quantitative estimate of drug-likeness (QED) is 0.751. The van der Waals surface area contributed by atoms with Crippen molar-refractivity contribution in [3.8, 4) is 0 Å². The number of aromatic nitrogens is 2. The van der Waals surface area contributed by atoms with Crippen LogP contribution >= 0.6 is 0 Å². The molecule has 2 aromatic rings. The third kappa shape index (κ3) is 7.22. The summed E-state index contributed by atoms with van der Waals surface area (Å²) >= 11 is 0. The number of hydrogen-bond donors (Lipinski definition) is 2. The molecule has 2 aromatic heterocycles. The van der Waals surface area contributed by atoms with Gasteiger partial charge in [-0.1, -0.05) is 13.8 Å². The molecule has 0 spiro atoms. The van der Waals surface area contributed by atoms with Gasteiger partial charge in [-0.2, -0.15) is 0 Å². The first kappa shape index (κ1) is 15.9. The lowest BCUT2D eigenvalue weighted by molar-refractivity contribution is 1.21. The minimum absolute atomic E-state index is 0.0370. The molecule has 0 bridgehead atoms. The number of H-pyrrole nitrogens is 2. The lowest BCUT2D eigenvalue weighted by Gasteiger charge is -1.83. The summed E-state index contributed by atoms with van der Waals surface area (Å²) in [4.78, 5) is 25.9. The van der Waals surface area contributed by atoms with Gasteiger partial charge in [0.05, 0.1) is 0 Å². The predicted octanol–water partition coefficient (Wildman–Crippen LogP) is 2.39. The molecule has 0 aromatic carbocycles. The van der Waals surface area contributed by atoms with E-state index < -0.39 is 0 Å². The van der Waals surface area contributed by atoms with E-state index in [1.165, 1.54) is 0 Å². The molecule has 0 fully saturated rings. The maximum absolute atomic E-state index is 10.4. The van der Waals surface area contributed by atoms with Crippen LogP contribution in [0.3, 0.4) is 0 Å². The van der Waals surface area contributed by atoms with Crippen molar-refractivity contribution in [2.75, 3.05) is 0 Å². The summed E-state index contributed by atoms with van der Waals surface area (Å²) in [5.41, 5.74) is 1.91. The summed E-state index contributed by atoms with van der Waals surface area (Å²) < 4.78 is 0. The Morgan fingerprint density at radius 3 is 1.28 bits per heavy atom. The second-order valence-electron chi connectivity index (χ2n) is 3.46. The summed E-state index contributed by atoms with van der Waals surface area (Å²) in [6.45, 7) is 7.77. The molecular formula is C14H20N2O2. The zero-order valence-corrected chi connectivity index (χ0v) is 11.3. The topological polar surface area (TPSA) is 65.7 Å². The highest BCUT2D eigenvalue weighted by molar-refractivity contribution is 5.06. The maximum Gasteiger partial charge on any atom is 0.248 e. The smallest absolute Gasteiger partial charge is 0.248 e. The van der Waals surface area contributed by atoms with E-state index in [-0.39, 0.29) is 11.1 Å². The minimum Gasteiger partial charge on any atom is -0.329 e. The van der Waals surface area contributed by atoms with Gasteiger partial charge in [0.2, 0.25) is 11.1 Å². The molecule has 0 aliphatic rings. The highest BCUT2D eigenvalue weighted by Gasteiger charge is 1.80. The molecule has 98 valence electrons. The number of rotatable bonds is 0. The molecule has 2 N–H and O–H groups in total. The van der Waals surface area contributed by atoms with E-state index in [0.29, 0.717) is 0 Å². The average molecular weight is 248 g/mol. The molecule has 0 amide bonds. The number of aryl methyl sites for hydroxylation is 2. The Balaban J connectivity index is 0.000000283. The molecule has 0 aliphatic carbocycles. The highest BCUT2D eigenvalue weighted by Crippen LogP contribution is 1.85. The molecule has 0 radical (unpaired) electrons. The van der Waals surface area contributed by atoms with Gasteiger partial charge >= 0.3 is 0 Å². The lowest BCUT2D eigenvalue weighted by atomic mass is 10.3. The zero-order valence-electron chi connectivity index (χ0n) is 11.3. The van der Waals surface area contributed by atoms with Crippen molar-refractivity contribution in [1.82, 2.24) is 9.97 Å². The SMILES string of the molecule is CC.Cc1cc[nH]c(=O)c1.Cc1cc[nH]c(=O)c1. The first-order valence-electron chi connectivity index (χ1n) is 5.88. The average Bonchev–Trinajstić information content (AvgIpc) is 2.31. The van der Waals surface area contributed by atoms with Crippen LogP contribution in [0.25, 0.3) is 0 Å². The molecule has 4 heteroatoms. The van der Waals surface area contributed by atoms with Crippen LogP contribution in [0.1, 0.15) is 25.0 Å². The van der Waals surface area contributed by atoms with Crippen molar-refractivity contribution >= 4 is 0 Å². The number of pyridine rings is 2. The standard InChI is InChI=1S/2C6H7NO.C2H6/c2*1-5-2-3-7-6(8)4-5;1-2/h2*2-4H,1H3,(H,7,8);1-2H3. The van der Waals surface area contributed by atoms with E-state index >= 15 is 0 Å². The van der Waals surface area contributed by atoms with Gasteiger partial charge < -0.3 is 9.97 Å². The van der Waals surface area contributed by atoms with Gasteiger partial charge in [0.15, 0.2) is 0 Å². The fourth-order valence-corrected chi connectivity index (χ4v) is 1.10. The number of aromatic amines is 2. The monoisotopic (exact) mass is 248 g/mol. The predicted molar refractivity (Wildman–Crippen MR) is 74.9 cm³/mol. The van der Waals surface area contributed by atoms with Crippen LogP contribution in [0.4, 0.5) is 0 Å². The van der Waals surface area contributed by atoms with E-state index in [9.17, 15) is 9.59 Å². The number of hydrogen-bond acceptors (Lipinski definition) is 2. The lowest BCUT2D eigenvalue weighted by Crippen LogP contribution is -2.01. The normalized spacial score (nSPS) is 8.44. The fourth-order valence-electron chi connectivity index (χ4n) is 1.10. The van der Waals surface area contributed by atoms with Crippen molar-refractivity contribution in [3.63, 3.8) is 0 Å². The van der Waals surface area contributed by atoms with Crippen LogP contribution in [0.5, 0.6) is 0 Å². The van der Waals surface area contributed by atoms with Crippen LogP contribution in [0, 0.1) is 13.8 Å². The van der Waals surface area contributed by atoms with E-state index in [2.05, 4.69) is 9.97 Å². The first-order chi connectivity index (χ1) is 8.58. The minimum atomic E-state index is -0.0370. The van der Waals surface area contributed by atoms with Gasteiger partial charge in [-0.15, -0.1) is 0 Å².